The lowest BCUT2D eigenvalue weighted by atomic mass is 9.86. The molecule has 120 valence electrons. The van der Waals surface area contributed by atoms with Crippen LogP contribution in [-0.4, -0.2) is 16.9 Å². The second-order valence-electron chi connectivity index (χ2n) is 7.13. The van der Waals surface area contributed by atoms with Crippen LogP contribution in [0.2, 0.25) is 0 Å². The molecular formula is C19H23N3O. The molecule has 0 radical (unpaired) electrons. The molecule has 1 saturated carbocycles. The van der Waals surface area contributed by atoms with E-state index in [1.165, 1.54) is 5.56 Å². The molecule has 2 N–H and O–H groups in total. The summed E-state index contributed by atoms with van der Waals surface area (Å²) in [4.78, 5) is 16.3. The topological polar surface area (TPSA) is 54.0 Å². The molecule has 2 aromatic rings. The van der Waals surface area contributed by atoms with Crippen molar-refractivity contribution >= 4 is 17.3 Å². The minimum Gasteiger partial charge on any atom is -0.354 e. The van der Waals surface area contributed by atoms with Crippen LogP contribution < -0.4 is 10.6 Å². The summed E-state index contributed by atoms with van der Waals surface area (Å²) >= 11 is 0. The molecular weight excluding hydrogens is 286 g/mol. The molecule has 3 rings (SSSR count). The Morgan fingerprint density at radius 2 is 1.91 bits per heavy atom. The van der Waals surface area contributed by atoms with E-state index in [9.17, 15) is 4.79 Å². The number of carbonyl (C=O) groups excluding carboxylic acids is 1. The Kier molecular flexibility index (Phi) is 4.07. The average Bonchev–Trinajstić information content (AvgIpc) is 3.31. The number of nitrogens with one attached hydrogen (secondary N) is 2. The number of pyridine rings is 1. The van der Waals surface area contributed by atoms with Crippen molar-refractivity contribution in [3.63, 3.8) is 0 Å². The molecule has 1 fully saturated rings. The maximum Gasteiger partial charge on any atom is 0.253 e. The molecule has 1 aliphatic carbocycles. The van der Waals surface area contributed by atoms with Crippen LogP contribution in [0.3, 0.4) is 0 Å². The van der Waals surface area contributed by atoms with Gasteiger partial charge in [-0.2, -0.15) is 0 Å². The van der Waals surface area contributed by atoms with Gasteiger partial charge in [0.15, 0.2) is 0 Å². The van der Waals surface area contributed by atoms with Gasteiger partial charge >= 0.3 is 0 Å². The fourth-order valence-electron chi connectivity index (χ4n) is 2.53. The van der Waals surface area contributed by atoms with Crippen LogP contribution in [0.15, 0.2) is 42.7 Å². The third-order valence-corrected chi connectivity index (χ3v) is 3.93. The van der Waals surface area contributed by atoms with Gasteiger partial charge in [-0.1, -0.05) is 39.0 Å². The molecule has 0 bridgehead atoms. The zero-order valence-corrected chi connectivity index (χ0v) is 13.9. The van der Waals surface area contributed by atoms with Gasteiger partial charge in [-0.3, -0.25) is 9.78 Å². The molecule has 1 aromatic heterocycles. The molecule has 1 heterocycles. The van der Waals surface area contributed by atoms with E-state index in [2.05, 4.69) is 48.5 Å². The number of carbonyl (C=O) groups is 1. The first-order valence-corrected chi connectivity index (χ1v) is 8.06. The number of hydrogen-bond acceptors (Lipinski definition) is 3. The smallest absolute Gasteiger partial charge is 0.253 e. The minimum atomic E-state index is -0.0484. The average molecular weight is 309 g/mol. The molecule has 1 aliphatic rings. The second-order valence-corrected chi connectivity index (χ2v) is 7.13. The van der Waals surface area contributed by atoms with E-state index < -0.39 is 0 Å². The first kappa shape index (κ1) is 15.5. The zero-order valence-electron chi connectivity index (χ0n) is 13.9. The SMILES string of the molecule is CC(C)(C)c1ccccc1Nc1cncc(C(=O)NC2CC2)c1. The molecule has 0 saturated heterocycles. The van der Waals surface area contributed by atoms with Crippen LogP contribution in [0.4, 0.5) is 11.4 Å². The predicted octanol–water partition coefficient (Wildman–Crippen LogP) is 4.01. The van der Waals surface area contributed by atoms with Gasteiger partial charge in [0, 0.05) is 17.9 Å². The van der Waals surface area contributed by atoms with Crippen molar-refractivity contribution in [2.45, 2.75) is 45.1 Å². The molecule has 0 atom stereocenters. The lowest BCUT2D eigenvalue weighted by Gasteiger charge is -2.23. The van der Waals surface area contributed by atoms with Crippen molar-refractivity contribution in [1.29, 1.82) is 0 Å². The maximum absolute atomic E-state index is 12.1. The Labute approximate surface area is 137 Å². The summed E-state index contributed by atoms with van der Waals surface area (Å²) in [5.74, 6) is -0.0484. The molecule has 4 heteroatoms. The highest BCUT2D eigenvalue weighted by molar-refractivity contribution is 5.95. The minimum absolute atomic E-state index is 0.0397. The van der Waals surface area contributed by atoms with Crippen LogP contribution in [0.25, 0.3) is 0 Å². The third kappa shape index (κ3) is 3.89. The number of amides is 1. The van der Waals surface area contributed by atoms with Gasteiger partial charge in [0.05, 0.1) is 17.4 Å². The summed E-state index contributed by atoms with van der Waals surface area (Å²) in [7, 11) is 0. The predicted molar refractivity (Wildman–Crippen MR) is 93.1 cm³/mol. The van der Waals surface area contributed by atoms with Gasteiger partial charge in [-0.25, -0.2) is 0 Å². The van der Waals surface area contributed by atoms with E-state index in [-0.39, 0.29) is 11.3 Å². The van der Waals surface area contributed by atoms with E-state index in [1.807, 2.05) is 18.2 Å². The zero-order chi connectivity index (χ0) is 16.4. The summed E-state index contributed by atoms with van der Waals surface area (Å²) in [6.07, 6.45) is 5.51. The third-order valence-electron chi connectivity index (χ3n) is 3.93. The number of benzene rings is 1. The van der Waals surface area contributed by atoms with E-state index in [1.54, 1.807) is 12.4 Å². The highest BCUT2D eigenvalue weighted by atomic mass is 16.1. The monoisotopic (exact) mass is 309 g/mol. The molecule has 23 heavy (non-hydrogen) atoms. The van der Waals surface area contributed by atoms with E-state index in [0.717, 1.165) is 24.2 Å². The molecule has 0 spiro atoms. The summed E-state index contributed by atoms with van der Waals surface area (Å²) in [6, 6.07) is 10.4. The summed E-state index contributed by atoms with van der Waals surface area (Å²) in [5.41, 5.74) is 3.73. The van der Waals surface area contributed by atoms with Crippen LogP contribution >= 0.6 is 0 Å². The summed E-state index contributed by atoms with van der Waals surface area (Å²) < 4.78 is 0. The fourth-order valence-corrected chi connectivity index (χ4v) is 2.53. The summed E-state index contributed by atoms with van der Waals surface area (Å²) in [5, 5.41) is 6.39. The number of rotatable bonds is 4. The normalized spacial score (nSPS) is 14.4. The van der Waals surface area contributed by atoms with E-state index in [0.29, 0.717) is 11.6 Å². The van der Waals surface area contributed by atoms with Crippen molar-refractivity contribution in [1.82, 2.24) is 10.3 Å². The Balaban J connectivity index is 1.82. The van der Waals surface area contributed by atoms with Crippen molar-refractivity contribution < 1.29 is 4.79 Å². The number of nitrogens with zero attached hydrogens (tertiary/aromatic N) is 1. The standard InChI is InChI=1S/C19H23N3O/c1-19(2,3)16-6-4-5-7-17(16)21-15-10-13(11-20-12-15)18(23)22-14-8-9-14/h4-7,10-12,14,21H,8-9H2,1-3H3,(H,22,23). The van der Waals surface area contributed by atoms with E-state index in [4.69, 9.17) is 0 Å². The second kappa shape index (κ2) is 6.03. The maximum atomic E-state index is 12.1. The Bertz CT molecular complexity index is 715. The van der Waals surface area contributed by atoms with Crippen molar-refractivity contribution in [2.75, 3.05) is 5.32 Å². The van der Waals surface area contributed by atoms with Gasteiger partial charge in [-0.15, -0.1) is 0 Å². The first-order chi connectivity index (χ1) is 10.9. The van der Waals surface area contributed by atoms with Gasteiger partial charge < -0.3 is 10.6 Å². The Hall–Kier alpha value is -2.36. The molecule has 1 amide bonds. The van der Waals surface area contributed by atoms with Crippen LogP contribution in [0.5, 0.6) is 0 Å². The number of hydrogen-bond donors (Lipinski definition) is 2. The van der Waals surface area contributed by atoms with Gasteiger partial charge in [-0.05, 0) is 36.0 Å². The van der Waals surface area contributed by atoms with Crippen LogP contribution in [0.1, 0.15) is 49.5 Å². The molecule has 1 aromatic carbocycles. The number of anilines is 2. The largest absolute Gasteiger partial charge is 0.354 e. The van der Waals surface area contributed by atoms with E-state index >= 15 is 0 Å². The van der Waals surface area contributed by atoms with Crippen LogP contribution in [-0.2, 0) is 5.41 Å². The van der Waals surface area contributed by atoms with Crippen LogP contribution in [0, 0.1) is 0 Å². The lowest BCUT2D eigenvalue weighted by molar-refractivity contribution is 0.0950. The Morgan fingerprint density at radius 1 is 1.17 bits per heavy atom. The van der Waals surface area contributed by atoms with Gasteiger partial charge in [0.25, 0.3) is 5.91 Å². The molecule has 0 unspecified atom stereocenters. The highest BCUT2D eigenvalue weighted by Gasteiger charge is 2.24. The number of aromatic nitrogens is 1. The van der Waals surface area contributed by atoms with Crippen molar-refractivity contribution in [2.24, 2.45) is 0 Å². The summed E-state index contributed by atoms with van der Waals surface area (Å²) in [6.45, 7) is 6.56. The molecule has 4 nitrogen and oxygen atoms in total. The van der Waals surface area contributed by atoms with Gasteiger partial charge in [0.1, 0.15) is 0 Å². The van der Waals surface area contributed by atoms with Crippen molar-refractivity contribution in [3.05, 3.63) is 53.9 Å². The van der Waals surface area contributed by atoms with Crippen molar-refractivity contribution in [3.8, 4) is 0 Å². The quantitative estimate of drug-likeness (QED) is 0.897. The lowest BCUT2D eigenvalue weighted by Crippen LogP contribution is -2.25. The Morgan fingerprint density at radius 3 is 2.61 bits per heavy atom. The molecule has 0 aliphatic heterocycles. The fraction of sp³-hybridized carbons (Fsp3) is 0.368. The number of para-hydroxylation sites is 1. The van der Waals surface area contributed by atoms with Gasteiger partial charge in [0.2, 0.25) is 0 Å². The first-order valence-electron chi connectivity index (χ1n) is 8.06. The highest BCUT2D eigenvalue weighted by Crippen LogP contribution is 2.31.